The molecule has 1 N–H and O–H groups in total. The third-order valence-corrected chi connectivity index (χ3v) is 4.91. The zero-order chi connectivity index (χ0) is 17.3. The van der Waals surface area contributed by atoms with Crippen molar-refractivity contribution in [3.8, 4) is 0 Å². The summed E-state index contributed by atoms with van der Waals surface area (Å²) in [5, 5.41) is 7.13. The van der Waals surface area contributed by atoms with Crippen LogP contribution in [0.25, 0.3) is 0 Å². The van der Waals surface area contributed by atoms with Crippen LogP contribution in [0.1, 0.15) is 54.0 Å². The summed E-state index contributed by atoms with van der Waals surface area (Å²) in [5.41, 5.74) is 5.22. The molecule has 1 aliphatic rings. The Hall–Kier alpha value is -2.30. The van der Waals surface area contributed by atoms with E-state index in [-0.39, 0.29) is 12.1 Å². The van der Waals surface area contributed by atoms with E-state index in [0.29, 0.717) is 0 Å². The van der Waals surface area contributed by atoms with Gasteiger partial charge in [-0.2, -0.15) is 0 Å². The maximum atomic E-state index is 12.8. The van der Waals surface area contributed by atoms with Gasteiger partial charge in [-0.15, -0.1) is 0 Å². The van der Waals surface area contributed by atoms with Crippen molar-refractivity contribution in [3.05, 3.63) is 46.3 Å². The van der Waals surface area contributed by atoms with Crippen molar-refractivity contribution in [1.82, 2.24) is 10.1 Å². The third-order valence-electron chi connectivity index (χ3n) is 4.91. The van der Waals surface area contributed by atoms with E-state index < -0.39 is 0 Å². The average Bonchev–Trinajstić information content (AvgIpc) is 3.16. The van der Waals surface area contributed by atoms with Crippen LogP contribution in [0.3, 0.4) is 0 Å². The molecule has 0 aliphatic carbocycles. The van der Waals surface area contributed by atoms with Gasteiger partial charge in [0.25, 0.3) is 0 Å². The second kappa shape index (κ2) is 6.67. The molecule has 0 saturated carbocycles. The molecule has 1 aromatic carbocycles. The lowest BCUT2D eigenvalue weighted by atomic mass is 10.0. The van der Waals surface area contributed by atoms with E-state index in [0.717, 1.165) is 48.5 Å². The number of carbonyl (C=O) groups is 1. The lowest BCUT2D eigenvalue weighted by Gasteiger charge is -2.25. The molecule has 0 radical (unpaired) electrons. The number of benzene rings is 1. The molecule has 1 aromatic heterocycles. The third kappa shape index (κ3) is 3.03. The molecule has 5 heteroatoms. The summed E-state index contributed by atoms with van der Waals surface area (Å²) in [6.07, 6.45) is 2.74. The highest BCUT2D eigenvalue weighted by atomic mass is 16.5. The van der Waals surface area contributed by atoms with Crippen molar-refractivity contribution in [2.75, 3.05) is 11.9 Å². The van der Waals surface area contributed by atoms with Crippen molar-refractivity contribution in [1.29, 1.82) is 0 Å². The minimum atomic E-state index is -0.0524. The van der Waals surface area contributed by atoms with Gasteiger partial charge in [0.2, 0.25) is 0 Å². The van der Waals surface area contributed by atoms with E-state index >= 15 is 0 Å². The summed E-state index contributed by atoms with van der Waals surface area (Å²) >= 11 is 0. The van der Waals surface area contributed by atoms with Crippen molar-refractivity contribution in [2.24, 2.45) is 0 Å². The van der Waals surface area contributed by atoms with E-state index in [9.17, 15) is 4.79 Å². The van der Waals surface area contributed by atoms with Crippen LogP contribution >= 0.6 is 0 Å². The molecule has 2 amide bonds. The smallest absolute Gasteiger partial charge is 0.322 e. The van der Waals surface area contributed by atoms with E-state index in [1.165, 1.54) is 11.1 Å². The van der Waals surface area contributed by atoms with Crippen LogP contribution in [0.4, 0.5) is 10.5 Å². The Labute approximate surface area is 143 Å². The van der Waals surface area contributed by atoms with E-state index in [1.807, 2.05) is 30.0 Å². The molecular weight excluding hydrogens is 302 g/mol. The summed E-state index contributed by atoms with van der Waals surface area (Å²) in [4.78, 5) is 14.7. The lowest BCUT2D eigenvalue weighted by Crippen LogP contribution is -2.34. The summed E-state index contributed by atoms with van der Waals surface area (Å²) in [7, 11) is 0. The van der Waals surface area contributed by atoms with Crippen molar-refractivity contribution < 1.29 is 9.32 Å². The normalized spacial score (nSPS) is 17.3. The monoisotopic (exact) mass is 327 g/mol. The van der Waals surface area contributed by atoms with Crippen LogP contribution in [0.2, 0.25) is 0 Å². The fourth-order valence-electron chi connectivity index (χ4n) is 3.43. The molecule has 5 nitrogen and oxygen atoms in total. The van der Waals surface area contributed by atoms with Gasteiger partial charge in [0.05, 0.1) is 11.7 Å². The van der Waals surface area contributed by atoms with Gasteiger partial charge in [-0.05, 0) is 56.9 Å². The largest absolute Gasteiger partial charge is 0.361 e. The lowest BCUT2D eigenvalue weighted by molar-refractivity contribution is 0.206. The first-order chi connectivity index (χ1) is 11.5. The van der Waals surface area contributed by atoms with Crippen LogP contribution in [-0.4, -0.2) is 22.6 Å². The molecule has 1 saturated heterocycles. The highest BCUT2D eigenvalue weighted by Gasteiger charge is 2.34. The first-order valence-electron chi connectivity index (χ1n) is 8.61. The SMILES string of the molecule is CCc1onc(C)c1C1CCCN1C(=O)Nc1ccc(C)c(C)c1. The molecule has 1 atom stereocenters. The van der Waals surface area contributed by atoms with Crippen LogP contribution in [0, 0.1) is 20.8 Å². The van der Waals surface area contributed by atoms with Crippen LogP contribution in [0.5, 0.6) is 0 Å². The number of likely N-dealkylation sites (tertiary alicyclic amines) is 1. The fourth-order valence-corrected chi connectivity index (χ4v) is 3.43. The van der Waals surface area contributed by atoms with Crippen molar-refractivity contribution in [3.63, 3.8) is 0 Å². The van der Waals surface area contributed by atoms with Gasteiger partial charge >= 0.3 is 6.03 Å². The van der Waals surface area contributed by atoms with Gasteiger partial charge in [-0.25, -0.2) is 4.79 Å². The molecule has 128 valence electrons. The van der Waals surface area contributed by atoms with Gasteiger partial charge in [-0.1, -0.05) is 18.1 Å². The Balaban J connectivity index is 1.81. The number of nitrogens with zero attached hydrogens (tertiary/aromatic N) is 2. The van der Waals surface area contributed by atoms with Crippen molar-refractivity contribution >= 4 is 11.7 Å². The van der Waals surface area contributed by atoms with Crippen LogP contribution in [0.15, 0.2) is 22.7 Å². The maximum Gasteiger partial charge on any atom is 0.322 e. The zero-order valence-corrected chi connectivity index (χ0v) is 14.8. The number of amides is 2. The number of nitrogens with one attached hydrogen (secondary N) is 1. The zero-order valence-electron chi connectivity index (χ0n) is 14.8. The molecule has 0 spiro atoms. The minimum Gasteiger partial charge on any atom is -0.361 e. The first kappa shape index (κ1) is 16.6. The number of anilines is 1. The molecular formula is C19H25N3O2. The van der Waals surface area contributed by atoms with Crippen LogP contribution < -0.4 is 5.32 Å². The molecule has 24 heavy (non-hydrogen) atoms. The summed E-state index contributed by atoms with van der Waals surface area (Å²) in [6.45, 7) is 8.89. The maximum absolute atomic E-state index is 12.8. The van der Waals surface area contributed by atoms with Gasteiger partial charge in [0.15, 0.2) is 0 Å². The quantitative estimate of drug-likeness (QED) is 0.901. The molecule has 1 fully saturated rings. The van der Waals surface area contributed by atoms with E-state index in [2.05, 4.69) is 31.2 Å². The topological polar surface area (TPSA) is 58.4 Å². The Morgan fingerprint density at radius 3 is 2.83 bits per heavy atom. The summed E-state index contributed by atoms with van der Waals surface area (Å²) in [5.74, 6) is 0.892. The predicted molar refractivity (Wildman–Crippen MR) is 94.2 cm³/mol. The Kier molecular flexibility index (Phi) is 4.60. The minimum absolute atomic E-state index is 0.0524. The Bertz CT molecular complexity index is 751. The molecule has 2 heterocycles. The van der Waals surface area contributed by atoms with Crippen LogP contribution in [-0.2, 0) is 6.42 Å². The molecule has 1 aliphatic heterocycles. The predicted octanol–water partition coefficient (Wildman–Crippen LogP) is 4.53. The fraction of sp³-hybridized carbons (Fsp3) is 0.474. The van der Waals surface area contributed by atoms with Gasteiger partial charge in [-0.3, -0.25) is 0 Å². The second-order valence-electron chi connectivity index (χ2n) is 6.54. The van der Waals surface area contributed by atoms with Gasteiger partial charge in [0, 0.05) is 24.2 Å². The van der Waals surface area contributed by atoms with E-state index in [1.54, 1.807) is 0 Å². The summed E-state index contributed by atoms with van der Waals surface area (Å²) in [6, 6.07) is 6.00. The number of hydrogen-bond acceptors (Lipinski definition) is 3. The first-order valence-corrected chi connectivity index (χ1v) is 8.61. The standard InChI is InChI=1S/C19H25N3O2/c1-5-17-18(14(4)21-24-17)16-7-6-10-22(16)19(23)20-15-9-8-12(2)13(3)11-15/h8-9,11,16H,5-7,10H2,1-4H3,(H,20,23). The molecule has 3 rings (SSSR count). The number of aromatic nitrogens is 1. The highest BCUT2D eigenvalue weighted by molar-refractivity contribution is 5.90. The van der Waals surface area contributed by atoms with E-state index in [4.69, 9.17) is 4.52 Å². The number of rotatable bonds is 3. The summed E-state index contributed by atoms with van der Waals surface area (Å²) < 4.78 is 5.42. The Morgan fingerprint density at radius 1 is 1.33 bits per heavy atom. The molecule has 1 unspecified atom stereocenters. The number of hydrogen-bond donors (Lipinski definition) is 1. The highest BCUT2D eigenvalue weighted by Crippen LogP contribution is 2.36. The van der Waals surface area contributed by atoms with Gasteiger partial charge in [0.1, 0.15) is 5.76 Å². The number of urea groups is 1. The number of carbonyl (C=O) groups excluding carboxylic acids is 1. The van der Waals surface area contributed by atoms with Gasteiger partial charge < -0.3 is 14.7 Å². The second-order valence-corrected chi connectivity index (χ2v) is 6.54. The number of aryl methyl sites for hydroxylation is 4. The Morgan fingerprint density at radius 2 is 2.12 bits per heavy atom. The molecule has 2 aromatic rings. The average molecular weight is 327 g/mol. The van der Waals surface area contributed by atoms with Crippen molar-refractivity contribution in [2.45, 2.75) is 53.0 Å². The molecule has 0 bridgehead atoms.